The van der Waals surface area contributed by atoms with Crippen LogP contribution in [0.15, 0.2) is 61.2 Å². The molecule has 0 radical (unpaired) electrons. The SMILES string of the molecule is C=CCCOC(=O)N1CCN(C(=O)c2ccc3c(Cl)cc(-c4ccc(COCC5CC5)cc4)nc3c2)CC1. The van der Waals surface area contributed by atoms with Crippen LogP contribution in [-0.4, -0.2) is 66.2 Å². The fraction of sp³-hybridized carbons (Fsp3) is 0.367. The number of nitrogens with zero attached hydrogens (tertiary/aromatic N) is 3. The van der Waals surface area contributed by atoms with E-state index in [1.807, 2.05) is 24.3 Å². The van der Waals surface area contributed by atoms with Crippen molar-refractivity contribution in [3.8, 4) is 11.3 Å². The predicted molar refractivity (Wildman–Crippen MR) is 148 cm³/mol. The van der Waals surface area contributed by atoms with Gasteiger partial charge >= 0.3 is 6.09 Å². The summed E-state index contributed by atoms with van der Waals surface area (Å²) in [5.41, 5.74) is 4.04. The molecule has 198 valence electrons. The number of hydrogen-bond donors (Lipinski definition) is 0. The van der Waals surface area contributed by atoms with Crippen molar-refractivity contribution in [2.45, 2.75) is 25.9 Å². The zero-order chi connectivity index (χ0) is 26.5. The number of amides is 2. The molecule has 2 amide bonds. The second-order valence-electron chi connectivity index (χ2n) is 9.85. The van der Waals surface area contributed by atoms with Crippen LogP contribution in [0.3, 0.4) is 0 Å². The van der Waals surface area contributed by atoms with Gasteiger partial charge in [-0.3, -0.25) is 4.79 Å². The van der Waals surface area contributed by atoms with Gasteiger partial charge in [-0.05, 0) is 48.9 Å². The maximum Gasteiger partial charge on any atom is 0.409 e. The first-order valence-corrected chi connectivity index (χ1v) is 13.5. The van der Waals surface area contributed by atoms with Gasteiger partial charge in [-0.25, -0.2) is 9.78 Å². The number of aromatic nitrogens is 1. The highest BCUT2D eigenvalue weighted by atomic mass is 35.5. The molecule has 7 nitrogen and oxygen atoms in total. The third-order valence-corrected chi connectivity index (χ3v) is 7.26. The number of hydrogen-bond acceptors (Lipinski definition) is 5. The molecule has 2 aliphatic rings. The highest BCUT2D eigenvalue weighted by Gasteiger charge is 2.26. The summed E-state index contributed by atoms with van der Waals surface area (Å²) in [7, 11) is 0. The summed E-state index contributed by atoms with van der Waals surface area (Å²) in [6.07, 6.45) is 4.54. The van der Waals surface area contributed by atoms with E-state index in [-0.39, 0.29) is 12.0 Å². The Hall–Kier alpha value is -3.42. The molecule has 5 rings (SSSR count). The Morgan fingerprint density at radius 3 is 2.47 bits per heavy atom. The number of carbonyl (C=O) groups excluding carboxylic acids is 2. The van der Waals surface area contributed by atoms with E-state index in [9.17, 15) is 9.59 Å². The van der Waals surface area contributed by atoms with Gasteiger partial charge in [-0.15, -0.1) is 6.58 Å². The van der Waals surface area contributed by atoms with Crippen LogP contribution in [0, 0.1) is 5.92 Å². The lowest BCUT2D eigenvalue weighted by Crippen LogP contribution is -2.50. The largest absolute Gasteiger partial charge is 0.449 e. The number of piperazine rings is 1. The van der Waals surface area contributed by atoms with Crippen molar-refractivity contribution in [2.24, 2.45) is 5.92 Å². The fourth-order valence-electron chi connectivity index (χ4n) is 4.46. The van der Waals surface area contributed by atoms with Gasteiger partial charge in [0.2, 0.25) is 0 Å². The van der Waals surface area contributed by atoms with Gasteiger partial charge in [0.05, 0.1) is 29.4 Å². The summed E-state index contributed by atoms with van der Waals surface area (Å²) in [4.78, 5) is 33.6. The maximum atomic E-state index is 13.2. The molecular weight excluding hydrogens is 502 g/mol. The molecule has 8 heteroatoms. The van der Waals surface area contributed by atoms with Crippen LogP contribution >= 0.6 is 11.6 Å². The highest BCUT2D eigenvalue weighted by molar-refractivity contribution is 6.35. The second-order valence-corrected chi connectivity index (χ2v) is 10.3. The van der Waals surface area contributed by atoms with Gasteiger partial charge in [0.1, 0.15) is 0 Å². The number of fused-ring (bicyclic) bond motifs is 1. The molecule has 1 saturated carbocycles. The summed E-state index contributed by atoms with van der Waals surface area (Å²) >= 11 is 6.61. The standard InChI is InChI=1S/C30H32ClN3O4/c1-2-3-16-38-30(36)34-14-12-33(13-15-34)29(35)24-10-11-25-26(31)18-27(32-28(25)17-24)23-8-6-22(7-9-23)20-37-19-21-4-5-21/h2,6-11,17-18,21H,1,3-5,12-16,19-20H2. The van der Waals surface area contributed by atoms with E-state index in [4.69, 9.17) is 26.1 Å². The van der Waals surface area contributed by atoms with Crippen LogP contribution in [0.5, 0.6) is 0 Å². The van der Waals surface area contributed by atoms with Crippen LogP contribution in [0.2, 0.25) is 5.02 Å². The van der Waals surface area contributed by atoms with Crippen LogP contribution < -0.4 is 0 Å². The van der Waals surface area contributed by atoms with Crippen LogP contribution in [0.25, 0.3) is 22.2 Å². The number of carbonyl (C=O) groups is 2. The number of benzene rings is 2. The van der Waals surface area contributed by atoms with Crippen molar-refractivity contribution in [1.29, 1.82) is 0 Å². The lowest BCUT2D eigenvalue weighted by atomic mass is 10.1. The highest BCUT2D eigenvalue weighted by Crippen LogP contribution is 2.30. The summed E-state index contributed by atoms with van der Waals surface area (Å²) in [5, 5.41) is 1.38. The second kappa shape index (κ2) is 12.0. The number of halogens is 1. The van der Waals surface area contributed by atoms with E-state index < -0.39 is 0 Å². The average molecular weight is 534 g/mol. The first-order valence-electron chi connectivity index (χ1n) is 13.1. The fourth-order valence-corrected chi connectivity index (χ4v) is 4.73. The van der Waals surface area contributed by atoms with E-state index >= 15 is 0 Å². The molecule has 1 aromatic heterocycles. The third kappa shape index (κ3) is 6.34. The minimum atomic E-state index is -0.352. The number of ether oxygens (including phenoxy) is 2. The zero-order valence-corrected chi connectivity index (χ0v) is 22.2. The van der Waals surface area contributed by atoms with Gasteiger partial charge in [0.25, 0.3) is 5.91 Å². The van der Waals surface area contributed by atoms with E-state index in [1.165, 1.54) is 12.8 Å². The molecule has 38 heavy (non-hydrogen) atoms. The van der Waals surface area contributed by atoms with E-state index in [1.54, 1.807) is 28.0 Å². The van der Waals surface area contributed by atoms with Crippen molar-refractivity contribution < 1.29 is 19.1 Å². The lowest BCUT2D eigenvalue weighted by Gasteiger charge is -2.34. The summed E-state index contributed by atoms with van der Waals surface area (Å²) < 4.78 is 11.0. The van der Waals surface area contributed by atoms with Crippen LogP contribution in [0.1, 0.15) is 35.2 Å². The van der Waals surface area contributed by atoms with Crippen molar-refractivity contribution >= 4 is 34.5 Å². The van der Waals surface area contributed by atoms with Gasteiger partial charge in [-0.2, -0.15) is 0 Å². The first-order chi connectivity index (χ1) is 18.5. The van der Waals surface area contributed by atoms with Crippen molar-refractivity contribution in [3.05, 3.63) is 77.3 Å². The lowest BCUT2D eigenvalue weighted by molar-refractivity contribution is 0.0564. The quantitative estimate of drug-likeness (QED) is 0.251. The molecule has 0 N–H and O–H groups in total. The Morgan fingerprint density at radius 1 is 1.03 bits per heavy atom. The van der Waals surface area contributed by atoms with Gasteiger partial charge < -0.3 is 19.3 Å². The maximum absolute atomic E-state index is 13.2. The van der Waals surface area contributed by atoms with Gasteiger partial charge in [-0.1, -0.05) is 48.0 Å². The molecule has 1 saturated heterocycles. The van der Waals surface area contributed by atoms with Crippen molar-refractivity contribution in [1.82, 2.24) is 14.8 Å². The molecule has 0 unspecified atom stereocenters. The molecule has 2 aromatic carbocycles. The molecule has 0 atom stereocenters. The normalized spacial score (nSPS) is 15.5. The summed E-state index contributed by atoms with van der Waals surface area (Å²) in [6, 6.07) is 15.4. The van der Waals surface area contributed by atoms with Crippen molar-refractivity contribution in [2.75, 3.05) is 39.4 Å². The molecule has 2 fully saturated rings. The molecular formula is C30H32ClN3O4. The predicted octanol–water partition coefficient (Wildman–Crippen LogP) is 5.95. The van der Waals surface area contributed by atoms with Gasteiger partial charge in [0.15, 0.2) is 0 Å². The molecule has 2 heterocycles. The topological polar surface area (TPSA) is 72.0 Å². The van der Waals surface area contributed by atoms with E-state index in [2.05, 4.69) is 18.7 Å². The van der Waals surface area contributed by atoms with Crippen LogP contribution in [-0.2, 0) is 16.1 Å². The number of pyridine rings is 1. The van der Waals surface area contributed by atoms with E-state index in [0.29, 0.717) is 61.9 Å². The summed E-state index contributed by atoms with van der Waals surface area (Å²) in [5.74, 6) is 0.654. The zero-order valence-electron chi connectivity index (χ0n) is 21.4. The molecule has 0 bridgehead atoms. The minimum Gasteiger partial charge on any atom is -0.449 e. The Morgan fingerprint density at radius 2 is 1.76 bits per heavy atom. The minimum absolute atomic E-state index is 0.0922. The molecule has 1 aliphatic heterocycles. The number of rotatable bonds is 9. The van der Waals surface area contributed by atoms with Crippen molar-refractivity contribution in [3.63, 3.8) is 0 Å². The Labute approximate surface area is 228 Å². The third-order valence-electron chi connectivity index (χ3n) is 6.95. The average Bonchev–Trinajstić information content (AvgIpc) is 3.77. The molecule has 3 aromatic rings. The first kappa shape index (κ1) is 26.2. The smallest absolute Gasteiger partial charge is 0.409 e. The Kier molecular flexibility index (Phi) is 8.25. The van der Waals surface area contributed by atoms with E-state index in [0.717, 1.165) is 34.7 Å². The summed E-state index contributed by atoms with van der Waals surface area (Å²) in [6.45, 7) is 7.14. The molecule has 1 aliphatic carbocycles. The van der Waals surface area contributed by atoms with Gasteiger partial charge in [0, 0.05) is 49.3 Å². The Balaban J connectivity index is 1.25. The van der Waals surface area contributed by atoms with Crippen LogP contribution in [0.4, 0.5) is 4.79 Å². The monoisotopic (exact) mass is 533 g/mol. The Bertz CT molecular complexity index is 1320. The molecule has 0 spiro atoms.